The van der Waals surface area contributed by atoms with Gasteiger partial charge >= 0.3 is 0 Å². The van der Waals surface area contributed by atoms with E-state index in [9.17, 15) is 18.0 Å². The lowest BCUT2D eigenvalue weighted by molar-refractivity contribution is -0.122. The van der Waals surface area contributed by atoms with Crippen LogP contribution in [0.3, 0.4) is 0 Å². The number of rotatable bonds is 3. The Bertz CT molecular complexity index is 739. The van der Waals surface area contributed by atoms with Gasteiger partial charge < -0.3 is 5.32 Å². The lowest BCUT2D eigenvalue weighted by Crippen LogP contribution is -2.54. The molecule has 0 bridgehead atoms. The van der Waals surface area contributed by atoms with Crippen LogP contribution in [-0.2, 0) is 14.8 Å². The third kappa shape index (κ3) is 3.59. The van der Waals surface area contributed by atoms with Crippen molar-refractivity contribution >= 4 is 21.8 Å². The van der Waals surface area contributed by atoms with Gasteiger partial charge in [-0.3, -0.25) is 14.6 Å². The van der Waals surface area contributed by atoms with E-state index in [4.69, 9.17) is 0 Å². The van der Waals surface area contributed by atoms with Crippen molar-refractivity contribution in [2.24, 2.45) is 0 Å². The molecule has 0 saturated heterocycles. The summed E-state index contributed by atoms with van der Waals surface area (Å²) in [6, 6.07) is 6.08. The van der Waals surface area contributed by atoms with E-state index in [1.54, 1.807) is 12.1 Å². The molecule has 1 aliphatic heterocycles. The molecule has 0 spiro atoms. The Morgan fingerprint density at radius 3 is 2.54 bits per heavy atom. The van der Waals surface area contributed by atoms with Gasteiger partial charge in [0.1, 0.15) is 6.54 Å². The molecule has 3 rings (SSSR count). The summed E-state index contributed by atoms with van der Waals surface area (Å²) >= 11 is 0. The van der Waals surface area contributed by atoms with Crippen molar-refractivity contribution in [3.63, 3.8) is 0 Å². The van der Waals surface area contributed by atoms with Crippen molar-refractivity contribution in [2.45, 2.75) is 49.5 Å². The number of benzene rings is 1. The summed E-state index contributed by atoms with van der Waals surface area (Å²) in [6.45, 7) is -0.330. The van der Waals surface area contributed by atoms with Crippen LogP contribution in [0.25, 0.3) is 0 Å². The second-order valence-corrected chi connectivity index (χ2v) is 7.87. The Hall–Kier alpha value is -1.93. The van der Waals surface area contributed by atoms with Crippen molar-refractivity contribution in [1.29, 1.82) is 0 Å². The van der Waals surface area contributed by atoms with E-state index in [0.29, 0.717) is 0 Å². The first-order valence-corrected chi connectivity index (χ1v) is 9.68. The molecule has 1 fully saturated rings. The number of carbonyl (C=O) groups excluding carboxylic acids is 2. The Balaban J connectivity index is 1.69. The highest BCUT2D eigenvalue weighted by Crippen LogP contribution is 2.22. The smallest absolute Gasteiger partial charge is 0.270 e. The Kier molecular flexibility index (Phi) is 4.86. The van der Waals surface area contributed by atoms with Gasteiger partial charge in [0, 0.05) is 6.04 Å². The topological polar surface area (TPSA) is 95.6 Å². The molecule has 24 heavy (non-hydrogen) atoms. The molecule has 1 saturated carbocycles. The van der Waals surface area contributed by atoms with Crippen molar-refractivity contribution in [2.75, 3.05) is 6.54 Å². The summed E-state index contributed by atoms with van der Waals surface area (Å²) in [4.78, 5) is 26.7. The van der Waals surface area contributed by atoms with Crippen LogP contribution in [0.4, 0.5) is 0 Å². The monoisotopic (exact) mass is 351 g/mol. The quantitative estimate of drug-likeness (QED) is 0.799. The number of amides is 2. The highest BCUT2D eigenvalue weighted by atomic mass is 32.2. The molecule has 0 unspecified atom stereocenters. The van der Waals surface area contributed by atoms with E-state index in [0.717, 1.165) is 30.7 Å². The predicted molar refractivity (Wildman–Crippen MR) is 87.4 cm³/mol. The van der Waals surface area contributed by atoms with Gasteiger partial charge in [-0.1, -0.05) is 37.8 Å². The van der Waals surface area contributed by atoms with Crippen molar-refractivity contribution < 1.29 is 18.0 Å². The summed E-state index contributed by atoms with van der Waals surface area (Å²) in [7, 11) is -3.83. The normalized spacial score (nSPS) is 21.0. The van der Waals surface area contributed by atoms with Gasteiger partial charge in [-0.05, 0) is 25.0 Å². The van der Waals surface area contributed by atoms with Gasteiger partial charge in [-0.15, -0.1) is 4.83 Å². The molecule has 0 radical (unpaired) electrons. The van der Waals surface area contributed by atoms with Crippen LogP contribution in [0.2, 0.25) is 0 Å². The standard InChI is InChI=1S/C16H21N3O4S/c20-15(17-12-7-3-1-2-4-8-12)11-19-16(21)13-9-5-6-10-14(13)24(22,23)18-19/h5-6,9-10,12,18H,1-4,7-8,11H2,(H,17,20). The van der Waals surface area contributed by atoms with Crippen LogP contribution < -0.4 is 10.1 Å². The number of carbonyl (C=O) groups is 2. The molecule has 130 valence electrons. The number of hydrazine groups is 1. The molecule has 2 amide bonds. The second kappa shape index (κ2) is 6.90. The molecule has 1 aromatic carbocycles. The van der Waals surface area contributed by atoms with E-state index < -0.39 is 15.9 Å². The minimum Gasteiger partial charge on any atom is -0.352 e. The predicted octanol–water partition coefficient (Wildman–Crippen LogP) is 1.17. The molecule has 2 aliphatic rings. The molecule has 2 N–H and O–H groups in total. The van der Waals surface area contributed by atoms with Crippen LogP contribution in [-0.4, -0.2) is 37.8 Å². The fourth-order valence-electron chi connectivity index (χ4n) is 3.20. The zero-order valence-electron chi connectivity index (χ0n) is 13.3. The molecule has 0 atom stereocenters. The fourth-order valence-corrected chi connectivity index (χ4v) is 4.44. The molecular formula is C16H21N3O4S. The molecular weight excluding hydrogens is 330 g/mol. The SMILES string of the molecule is O=C(CN1NS(=O)(=O)c2ccccc2C1=O)NC1CCCCCC1. The summed E-state index contributed by atoms with van der Waals surface area (Å²) in [5.74, 6) is -0.867. The Labute approximate surface area is 141 Å². The first-order chi connectivity index (χ1) is 11.5. The van der Waals surface area contributed by atoms with E-state index in [1.807, 2.05) is 0 Å². The fraction of sp³-hybridized carbons (Fsp3) is 0.500. The third-order valence-corrected chi connectivity index (χ3v) is 5.80. The van der Waals surface area contributed by atoms with Crippen LogP contribution in [0, 0.1) is 0 Å². The van der Waals surface area contributed by atoms with Crippen LogP contribution in [0.1, 0.15) is 48.9 Å². The Morgan fingerprint density at radius 2 is 1.83 bits per heavy atom. The van der Waals surface area contributed by atoms with Crippen LogP contribution >= 0.6 is 0 Å². The lowest BCUT2D eigenvalue weighted by Gasteiger charge is -2.28. The molecule has 0 aromatic heterocycles. The summed E-state index contributed by atoms with van der Waals surface area (Å²) in [6.07, 6.45) is 6.35. The third-order valence-electron chi connectivity index (χ3n) is 4.40. The van der Waals surface area contributed by atoms with Gasteiger partial charge in [0.25, 0.3) is 15.9 Å². The highest BCUT2D eigenvalue weighted by molar-refractivity contribution is 7.89. The van der Waals surface area contributed by atoms with E-state index in [1.165, 1.54) is 25.0 Å². The number of nitrogens with zero attached hydrogens (tertiary/aromatic N) is 1. The largest absolute Gasteiger partial charge is 0.352 e. The number of hydrogen-bond donors (Lipinski definition) is 2. The summed E-state index contributed by atoms with van der Waals surface area (Å²) in [5.41, 5.74) is 0.0820. The molecule has 1 aromatic rings. The first-order valence-electron chi connectivity index (χ1n) is 8.20. The van der Waals surface area contributed by atoms with Crippen molar-refractivity contribution in [3.8, 4) is 0 Å². The molecule has 7 nitrogen and oxygen atoms in total. The van der Waals surface area contributed by atoms with E-state index >= 15 is 0 Å². The molecule has 8 heteroatoms. The number of sulfonamides is 1. The van der Waals surface area contributed by atoms with E-state index in [2.05, 4.69) is 10.1 Å². The Morgan fingerprint density at radius 1 is 1.17 bits per heavy atom. The average Bonchev–Trinajstić information content (AvgIpc) is 2.81. The maximum atomic E-state index is 12.4. The van der Waals surface area contributed by atoms with Gasteiger partial charge in [0.2, 0.25) is 5.91 Å². The molecule has 1 heterocycles. The number of hydrogen-bond acceptors (Lipinski definition) is 4. The minimum atomic E-state index is -3.83. The second-order valence-electron chi connectivity index (χ2n) is 6.24. The maximum Gasteiger partial charge on any atom is 0.270 e. The first kappa shape index (κ1) is 16.9. The highest BCUT2D eigenvalue weighted by Gasteiger charge is 2.34. The molecule has 1 aliphatic carbocycles. The zero-order valence-corrected chi connectivity index (χ0v) is 14.1. The minimum absolute atomic E-state index is 0.0598. The van der Waals surface area contributed by atoms with Crippen molar-refractivity contribution in [1.82, 2.24) is 15.2 Å². The van der Waals surface area contributed by atoms with Crippen LogP contribution in [0.5, 0.6) is 0 Å². The van der Waals surface area contributed by atoms with Gasteiger partial charge in [-0.2, -0.15) is 0 Å². The zero-order chi connectivity index (χ0) is 17.2. The van der Waals surface area contributed by atoms with Gasteiger partial charge in [0.05, 0.1) is 10.5 Å². The lowest BCUT2D eigenvalue weighted by atomic mass is 10.1. The summed E-state index contributed by atoms with van der Waals surface area (Å²) in [5, 5.41) is 3.78. The van der Waals surface area contributed by atoms with E-state index in [-0.39, 0.29) is 29.0 Å². The van der Waals surface area contributed by atoms with Crippen molar-refractivity contribution in [3.05, 3.63) is 29.8 Å². The maximum absolute atomic E-state index is 12.4. The van der Waals surface area contributed by atoms with Gasteiger partial charge in [0.15, 0.2) is 0 Å². The summed E-state index contributed by atoms with van der Waals surface area (Å²) < 4.78 is 24.4. The number of fused-ring (bicyclic) bond motifs is 1. The van der Waals surface area contributed by atoms with Gasteiger partial charge in [-0.25, -0.2) is 8.42 Å². The number of nitrogens with one attached hydrogen (secondary N) is 2. The van der Waals surface area contributed by atoms with Crippen LogP contribution in [0.15, 0.2) is 29.2 Å². The average molecular weight is 351 g/mol.